The zero-order valence-corrected chi connectivity index (χ0v) is 13.6. The van der Waals surface area contributed by atoms with Crippen molar-refractivity contribution in [2.24, 2.45) is 0 Å². The van der Waals surface area contributed by atoms with Gasteiger partial charge in [-0.3, -0.25) is 0 Å². The maximum atomic E-state index is 5.89. The lowest BCUT2D eigenvalue weighted by Gasteiger charge is -2.35. The van der Waals surface area contributed by atoms with Gasteiger partial charge in [-0.1, -0.05) is 6.07 Å². The fraction of sp³-hybridized carbons (Fsp3) is 0.562. The first-order valence-corrected chi connectivity index (χ1v) is 7.91. The topological polar surface area (TPSA) is 39.2 Å². The van der Waals surface area contributed by atoms with Crippen molar-refractivity contribution in [2.75, 3.05) is 13.2 Å². The van der Waals surface area contributed by atoms with E-state index in [9.17, 15) is 0 Å². The highest BCUT2D eigenvalue weighted by atomic mass is 32.1. The lowest BCUT2D eigenvalue weighted by atomic mass is 9.94. The number of benzene rings is 1. The molecule has 0 saturated carbocycles. The van der Waals surface area contributed by atoms with Gasteiger partial charge in [-0.25, -0.2) is 0 Å². The smallest absolute Gasteiger partial charge is 0.178 e. The number of aromatic amines is 1. The second-order valence-corrected chi connectivity index (χ2v) is 6.62. The highest BCUT2D eigenvalue weighted by molar-refractivity contribution is 7.71. The zero-order valence-electron chi connectivity index (χ0n) is 12.8. The number of hydrogen-bond acceptors (Lipinski definition) is 3. The molecule has 0 amide bonds. The van der Waals surface area contributed by atoms with E-state index in [-0.39, 0.29) is 11.6 Å². The molecule has 2 heterocycles. The number of para-hydroxylation sites is 1. The summed E-state index contributed by atoms with van der Waals surface area (Å²) in [7, 11) is 0. The quantitative estimate of drug-likeness (QED) is 0.871. The van der Waals surface area contributed by atoms with Crippen molar-refractivity contribution in [3.05, 3.63) is 23.0 Å². The van der Waals surface area contributed by atoms with Gasteiger partial charge in [0.15, 0.2) is 4.77 Å². The molecule has 1 fully saturated rings. The Labute approximate surface area is 130 Å². The summed E-state index contributed by atoms with van der Waals surface area (Å²) in [6.45, 7) is 7.81. The standard InChI is InChI=1S/C16H22N2O2S/c1-11(2)20-13-7-4-6-12-14(13)17-15(21)18(12)16(3)8-5-9-19-10-16/h4,6-7,11H,5,8-10H2,1-3H3,(H,17,21). The normalized spacial score (nSPS) is 22.9. The van der Waals surface area contributed by atoms with Gasteiger partial charge in [-0.15, -0.1) is 0 Å². The average Bonchev–Trinajstić information content (AvgIpc) is 2.77. The van der Waals surface area contributed by atoms with Crippen LogP contribution in [0.5, 0.6) is 5.75 Å². The highest BCUT2D eigenvalue weighted by Gasteiger charge is 2.32. The number of nitrogens with zero attached hydrogens (tertiary/aromatic N) is 1. The van der Waals surface area contributed by atoms with Crippen LogP contribution in [0.1, 0.15) is 33.6 Å². The minimum absolute atomic E-state index is 0.0932. The van der Waals surface area contributed by atoms with Crippen molar-refractivity contribution in [3.63, 3.8) is 0 Å². The number of imidazole rings is 1. The van der Waals surface area contributed by atoms with Gasteiger partial charge >= 0.3 is 0 Å². The molecule has 0 bridgehead atoms. The minimum atomic E-state index is -0.0932. The second kappa shape index (κ2) is 5.46. The third-order valence-corrected chi connectivity index (χ3v) is 4.28. The molecule has 1 aromatic heterocycles. The van der Waals surface area contributed by atoms with Crippen molar-refractivity contribution in [2.45, 2.75) is 45.3 Å². The number of ether oxygens (including phenoxy) is 2. The predicted molar refractivity (Wildman–Crippen MR) is 86.6 cm³/mol. The van der Waals surface area contributed by atoms with Crippen LogP contribution >= 0.6 is 12.2 Å². The largest absolute Gasteiger partial charge is 0.489 e. The minimum Gasteiger partial charge on any atom is -0.489 e. The van der Waals surface area contributed by atoms with Crippen LogP contribution in [0.15, 0.2) is 18.2 Å². The Kier molecular flexibility index (Phi) is 3.80. The van der Waals surface area contributed by atoms with Gasteiger partial charge in [0.2, 0.25) is 0 Å². The molecule has 21 heavy (non-hydrogen) atoms. The summed E-state index contributed by atoms with van der Waals surface area (Å²) in [6, 6.07) is 6.10. The molecule has 1 atom stereocenters. The second-order valence-electron chi connectivity index (χ2n) is 6.24. The Morgan fingerprint density at radius 3 is 2.90 bits per heavy atom. The van der Waals surface area contributed by atoms with E-state index in [2.05, 4.69) is 22.5 Å². The van der Waals surface area contributed by atoms with Crippen molar-refractivity contribution in [1.29, 1.82) is 0 Å². The van der Waals surface area contributed by atoms with Gasteiger partial charge in [0.05, 0.1) is 23.8 Å². The maximum Gasteiger partial charge on any atom is 0.178 e. The van der Waals surface area contributed by atoms with E-state index in [1.807, 2.05) is 26.0 Å². The van der Waals surface area contributed by atoms with Crippen LogP contribution in [-0.4, -0.2) is 28.9 Å². The summed E-state index contributed by atoms with van der Waals surface area (Å²) in [5, 5.41) is 0. The summed E-state index contributed by atoms with van der Waals surface area (Å²) in [6.07, 6.45) is 2.27. The van der Waals surface area contributed by atoms with Gasteiger partial charge in [0, 0.05) is 6.61 Å². The lowest BCUT2D eigenvalue weighted by molar-refractivity contribution is 0.0108. The third kappa shape index (κ3) is 2.60. The van der Waals surface area contributed by atoms with E-state index < -0.39 is 0 Å². The molecule has 2 aromatic rings. The van der Waals surface area contributed by atoms with Crippen molar-refractivity contribution < 1.29 is 9.47 Å². The Morgan fingerprint density at radius 2 is 2.24 bits per heavy atom. The first-order chi connectivity index (χ1) is 10.0. The molecule has 0 radical (unpaired) electrons. The van der Waals surface area contributed by atoms with Crippen molar-refractivity contribution in [3.8, 4) is 5.75 Å². The van der Waals surface area contributed by atoms with Gasteiger partial charge in [-0.2, -0.15) is 0 Å². The Bertz CT molecular complexity index is 696. The number of nitrogens with one attached hydrogen (secondary N) is 1. The van der Waals surface area contributed by atoms with E-state index >= 15 is 0 Å². The average molecular weight is 306 g/mol. The molecule has 1 aromatic carbocycles. The number of rotatable bonds is 3. The molecule has 0 spiro atoms. The summed E-state index contributed by atoms with van der Waals surface area (Å²) >= 11 is 5.58. The summed E-state index contributed by atoms with van der Waals surface area (Å²) in [4.78, 5) is 3.32. The van der Waals surface area contributed by atoms with Crippen LogP contribution in [0.25, 0.3) is 11.0 Å². The molecule has 1 N–H and O–H groups in total. The molecule has 1 unspecified atom stereocenters. The van der Waals surface area contributed by atoms with E-state index in [4.69, 9.17) is 21.7 Å². The van der Waals surface area contributed by atoms with Gasteiger partial charge in [0.25, 0.3) is 0 Å². The molecule has 4 nitrogen and oxygen atoms in total. The molecule has 1 aliphatic heterocycles. The molecule has 3 rings (SSSR count). The molecule has 5 heteroatoms. The van der Waals surface area contributed by atoms with Crippen LogP contribution in [0.3, 0.4) is 0 Å². The summed E-state index contributed by atoms with van der Waals surface area (Å²) < 4.78 is 14.5. The Balaban J connectivity index is 2.16. The van der Waals surface area contributed by atoms with E-state index in [0.717, 1.165) is 41.0 Å². The van der Waals surface area contributed by atoms with Crippen LogP contribution in [-0.2, 0) is 10.3 Å². The molecular formula is C16H22N2O2S. The van der Waals surface area contributed by atoms with E-state index in [0.29, 0.717) is 6.61 Å². The van der Waals surface area contributed by atoms with Crippen LogP contribution in [0, 0.1) is 4.77 Å². The fourth-order valence-corrected chi connectivity index (χ4v) is 3.51. The SMILES string of the molecule is CC(C)Oc1cccc2c1[nH]c(=S)n2C1(C)CCCOC1. The van der Waals surface area contributed by atoms with Crippen LogP contribution < -0.4 is 4.74 Å². The molecule has 1 aliphatic rings. The molecule has 0 aliphatic carbocycles. The monoisotopic (exact) mass is 306 g/mol. The number of fused-ring (bicyclic) bond motifs is 1. The fourth-order valence-electron chi connectivity index (χ4n) is 3.09. The zero-order chi connectivity index (χ0) is 15.0. The van der Waals surface area contributed by atoms with E-state index in [1.54, 1.807) is 0 Å². The lowest BCUT2D eigenvalue weighted by Crippen LogP contribution is -2.39. The van der Waals surface area contributed by atoms with Crippen molar-refractivity contribution in [1.82, 2.24) is 9.55 Å². The number of H-pyrrole nitrogens is 1. The van der Waals surface area contributed by atoms with Crippen LogP contribution in [0.2, 0.25) is 0 Å². The van der Waals surface area contributed by atoms with Crippen LogP contribution in [0.4, 0.5) is 0 Å². The van der Waals surface area contributed by atoms with E-state index in [1.165, 1.54) is 0 Å². The molecule has 1 saturated heterocycles. The molecular weight excluding hydrogens is 284 g/mol. The summed E-state index contributed by atoms with van der Waals surface area (Å²) in [5.74, 6) is 0.854. The first-order valence-electron chi connectivity index (χ1n) is 7.50. The Morgan fingerprint density at radius 1 is 1.43 bits per heavy atom. The van der Waals surface area contributed by atoms with Gasteiger partial charge in [0.1, 0.15) is 11.3 Å². The maximum absolute atomic E-state index is 5.89. The van der Waals surface area contributed by atoms with Crippen molar-refractivity contribution >= 4 is 23.3 Å². The van der Waals surface area contributed by atoms with Gasteiger partial charge in [-0.05, 0) is 58.0 Å². The number of hydrogen-bond donors (Lipinski definition) is 1. The van der Waals surface area contributed by atoms with Gasteiger partial charge < -0.3 is 19.0 Å². The first kappa shape index (κ1) is 14.6. The predicted octanol–water partition coefficient (Wildman–Crippen LogP) is 4.01. The highest BCUT2D eigenvalue weighted by Crippen LogP contribution is 2.34. The third-order valence-electron chi connectivity index (χ3n) is 4.00. The Hall–Kier alpha value is -1.33. The molecule has 114 valence electrons. The number of aromatic nitrogens is 2. The summed E-state index contributed by atoms with van der Waals surface area (Å²) in [5.41, 5.74) is 1.97.